The number of aromatic amines is 1. The molecule has 1 amide bonds. The van der Waals surface area contributed by atoms with Crippen LogP contribution in [0.5, 0.6) is 0 Å². The fourth-order valence-electron chi connectivity index (χ4n) is 3.09. The summed E-state index contributed by atoms with van der Waals surface area (Å²) in [4.78, 5) is 15.5. The summed E-state index contributed by atoms with van der Waals surface area (Å²) < 4.78 is 28.6. The first kappa shape index (κ1) is 19.2. The lowest BCUT2D eigenvalue weighted by atomic mass is 10.1. The van der Waals surface area contributed by atoms with Crippen LogP contribution in [0.15, 0.2) is 41.7 Å². The number of hydrogen-bond acceptors (Lipinski definition) is 4. The number of sulfonamides is 1. The van der Waals surface area contributed by atoms with Crippen molar-refractivity contribution in [2.24, 2.45) is 5.92 Å². The van der Waals surface area contributed by atoms with E-state index in [0.717, 1.165) is 28.5 Å². The van der Waals surface area contributed by atoms with Gasteiger partial charge in [0.2, 0.25) is 5.91 Å². The van der Waals surface area contributed by atoms with E-state index in [0.29, 0.717) is 12.5 Å². The predicted octanol–water partition coefficient (Wildman–Crippen LogP) is 2.63. The monoisotopic (exact) mass is 388 g/mol. The summed E-state index contributed by atoms with van der Waals surface area (Å²) in [5, 5.41) is 4.98. The van der Waals surface area contributed by atoms with E-state index in [-0.39, 0.29) is 11.3 Å². The van der Waals surface area contributed by atoms with Crippen molar-refractivity contribution in [3.05, 3.63) is 47.9 Å². The van der Waals surface area contributed by atoms with Crippen LogP contribution in [-0.2, 0) is 34.2 Å². The first-order valence-corrected chi connectivity index (χ1v) is 10.4. The van der Waals surface area contributed by atoms with Crippen LogP contribution in [0, 0.1) is 5.92 Å². The van der Waals surface area contributed by atoms with Gasteiger partial charge in [-0.1, -0.05) is 39.0 Å². The van der Waals surface area contributed by atoms with Crippen LogP contribution in [0.4, 0.5) is 0 Å². The SMILES string of the molecule is CCc1cccc2c(CC(=O)NS(=O)(=O)c3cnn(CC(C)C)c3)c[nH]c12. The van der Waals surface area contributed by atoms with E-state index in [1.165, 1.54) is 12.4 Å². The number of aryl methyl sites for hydroxylation is 1. The van der Waals surface area contributed by atoms with Gasteiger partial charge in [-0.3, -0.25) is 9.48 Å². The summed E-state index contributed by atoms with van der Waals surface area (Å²) in [6.45, 7) is 6.71. The molecule has 0 radical (unpaired) electrons. The Kier molecular flexibility index (Phi) is 5.36. The highest BCUT2D eigenvalue weighted by Crippen LogP contribution is 2.22. The molecule has 0 atom stereocenters. The fourth-order valence-corrected chi connectivity index (χ4v) is 4.03. The van der Waals surface area contributed by atoms with E-state index in [1.54, 1.807) is 10.9 Å². The molecular formula is C19H24N4O3S. The molecule has 0 spiro atoms. The number of hydrogen-bond donors (Lipinski definition) is 2. The number of amides is 1. The molecule has 0 saturated heterocycles. The summed E-state index contributed by atoms with van der Waals surface area (Å²) in [5.41, 5.74) is 2.91. The van der Waals surface area contributed by atoms with Crippen LogP contribution >= 0.6 is 0 Å². The molecule has 0 unspecified atom stereocenters. The molecular weight excluding hydrogens is 364 g/mol. The van der Waals surface area contributed by atoms with Crippen LogP contribution in [-0.4, -0.2) is 29.1 Å². The molecule has 27 heavy (non-hydrogen) atoms. The van der Waals surface area contributed by atoms with Crippen molar-refractivity contribution in [3.8, 4) is 0 Å². The first-order chi connectivity index (χ1) is 12.8. The Bertz CT molecular complexity index is 1060. The average molecular weight is 388 g/mol. The van der Waals surface area contributed by atoms with E-state index < -0.39 is 15.9 Å². The third-order valence-electron chi connectivity index (χ3n) is 4.34. The minimum absolute atomic E-state index is 0.0105. The van der Waals surface area contributed by atoms with Crippen LogP contribution in [0.25, 0.3) is 10.9 Å². The molecule has 2 aromatic heterocycles. The number of benzene rings is 1. The predicted molar refractivity (Wildman–Crippen MR) is 104 cm³/mol. The molecule has 0 aliphatic carbocycles. The van der Waals surface area contributed by atoms with Gasteiger partial charge in [0.1, 0.15) is 4.90 Å². The number of H-pyrrole nitrogens is 1. The second-order valence-electron chi connectivity index (χ2n) is 7.00. The Balaban J connectivity index is 1.74. The van der Waals surface area contributed by atoms with Crippen LogP contribution in [0.1, 0.15) is 31.9 Å². The van der Waals surface area contributed by atoms with E-state index in [1.807, 2.05) is 32.0 Å². The van der Waals surface area contributed by atoms with Crippen LogP contribution < -0.4 is 4.72 Å². The van der Waals surface area contributed by atoms with Gasteiger partial charge in [0.25, 0.3) is 10.0 Å². The number of rotatable bonds is 7. The number of fused-ring (bicyclic) bond motifs is 1. The molecule has 0 saturated carbocycles. The van der Waals surface area contributed by atoms with Crippen LogP contribution in [0.2, 0.25) is 0 Å². The number of nitrogens with zero attached hydrogens (tertiary/aromatic N) is 2. The van der Waals surface area contributed by atoms with Gasteiger partial charge in [-0.25, -0.2) is 13.1 Å². The topological polar surface area (TPSA) is 96.8 Å². The quantitative estimate of drug-likeness (QED) is 0.650. The van der Waals surface area contributed by atoms with Crippen LogP contribution in [0.3, 0.4) is 0 Å². The maximum absolute atomic E-state index is 12.4. The van der Waals surface area contributed by atoms with Gasteiger partial charge < -0.3 is 4.98 Å². The number of carbonyl (C=O) groups excluding carboxylic acids is 1. The van der Waals surface area contributed by atoms with Gasteiger partial charge in [-0.05, 0) is 23.5 Å². The number of aromatic nitrogens is 3. The molecule has 8 heteroatoms. The zero-order chi connectivity index (χ0) is 19.6. The Morgan fingerprint density at radius 1 is 1.30 bits per heavy atom. The molecule has 3 rings (SSSR count). The molecule has 0 fully saturated rings. The zero-order valence-electron chi connectivity index (χ0n) is 15.7. The summed E-state index contributed by atoms with van der Waals surface area (Å²) in [7, 11) is -3.94. The molecule has 144 valence electrons. The Hall–Kier alpha value is -2.61. The van der Waals surface area contributed by atoms with E-state index in [4.69, 9.17) is 0 Å². The van der Waals surface area contributed by atoms with Crippen molar-refractivity contribution in [1.29, 1.82) is 0 Å². The molecule has 1 aromatic carbocycles. The van der Waals surface area contributed by atoms with Gasteiger partial charge in [-0.2, -0.15) is 5.10 Å². The molecule has 2 heterocycles. The van der Waals surface area contributed by atoms with Crippen molar-refractivity contribution < 1.29 is 13.2 Å². The standard InChI is InChI=1S/C19H24N4O3S/c1-4-14-6-5-7-17-15(9-20-19(14)17)8-18(24)22-27(25,26)16-10-21-23(12-16)11-13(2)3/h5-7,9-10,12-13,20H,4,8,11H2,1-3H3,(H,22,24). The zero-order valence-corrected chi connectivity index (χ0v) is 16.5. The van der Waals surface area contributed by atoms with E-state index in [2.05, 4.69) is 21.7 Å². The Morgan fingerprint density at radius 2 is 2.07 bits per heavy atom. The molecule has 0 bridgehead atoms. The Morgan fingerprint density at radius 3 is 2.78 bits per heavy atom. The van der Waals surface area contributed by atoms with Crippen molar-refractivity contribution in [2.45, 2.75) is 45.1 Å². The van der Waals surface area contributed by atoms with Crippen molar-refractivity contribution in [2.75, 3.05) is 0 Å². The third-order valence-corrected chi connectivity index (χ3v) is 5.67. The van der Waals surface area contributed by atoms with Crippen molar-refractivity contribution >= 4 is 26.8 Å². The second kappa shape index (κ2) is 7.56. The molecule has 7 nitrogen and oxygen atoms in total. The van der Waals surface area contributed by atoms with Gasteiger partial charge >= 0.3 is 0 Å². The minimum Gasteiger partial charge on any atom is -0.361 e. The molecule has 0 aliphatic rings. The second-order valence-corrected chi connectivity index (χ2v) is 8.69. The Labute approximate surface area is 158 Å². The number of nitrogens with one attached hydrogen (secondary N) is 2. The highest BCUT2D eigenvalue weighted by molar-refractivity contribution is 7.90. The smallest absolute Gasteiger partial charge is 0.267 e. The number of carbonyl (C=O) groups is 1. The fraction of sp³-hybridized carbons (Fsp3) is 0.368. The maximum Gasteiger partial charge on any atom is 0.267 e. The molecule has 2 N–H and O–H groups in total. The highest BCUT2D eigenvalue weighted by atomic mass is 32.2. The van der Waals surface area contributed by atoms with Gasteiger partial charge in [0, 0.05) is 29.8 Å². The maximum atomic E-state index is 12.4. The van der Waals surface area contributed by atoms with Crippen molar-refractivity contribution in [3.63, 3.8) is 0 Å². The lowest BCUT2D eigenvalue weighted by molar-refractivity contribution is -0.118. The first-order valence-electron chi connectivity index (χ1n) is 8.96. The molecule has 3 aromatic rings. The van der Waals surface area contributed by atoms with Gasteiger partial charge in [0.15, 0.2) is 0 Å². The average Bonchev–Trinajstić information content (AvgIpc) is 3.21. The van der Waals surface area contributed by atoms with Gasteiger partial charge in [-0.15, -0.1) is 0 Å². The van der Waals surface area contributed by atoms with Crippen molar-refractivity contribution in [1.82, 2.24) is 19.5 Å². The van der Waals surface area contributed by atoms with E-state index >= 15 is 0 Å². The summed E-state index contributed by atoms with van der Waals surface area (Å²) in [6, 6.07) is 5.90. The third kappa shape index (κ3) is 4.21. The summed E-state index contributed by atoms with van der Waals surface area (Å²) in [5.74, 6) is -0.237. The molecule has 0 aliphatic heterocycles. The normalized spacial score (nSPS) is 12.0. The highest BCUT2D eigenvalue weighted by Gasteiger charge is 2.21. The summed E-state index contributed by atoms with van der Waals surface area (Å²) >= 11 is 0. The van der Waals surface area contributed by atoms with E-state index in [9.17, 15) is 13.2 Å². The largest absolute Gasteiger partial charge is 0.361 e. The lowest BCUT2D eigenvalue weighted by Crippen LogP contribution is -2.31. The minimum atomic E-state index is -3.94. The summed E-state index contributed by atoms with van der Waals surface area (Å²) in [6.07, 6.45) is 5.31. The number of para-hydroxylation sites is 1. The van der Waals surface area contributed by atoms with Gasteiger partial charge in [0.05, 0.1) is 12.6 Å². The lowest BCUT2D eigenvalue weighted by Gasteiger charge is -2.06.